The normalized spacial score (nSPS) is 11.2. The van der Waals surface area contributed by atoms with E-state index in [0.29, 0.717) is 28.1 Å². The van der Waals surface area contributed by atoms with Crippen LogP contribution >= 0.6 is 11.8 Å². The zero-order valence-electron chi connectivity index (χ0n) is 14.0. The number of amides is 1. The van der Waals surface area contributed by atoms with Gasteiger partial charge in [-0.15, -0.1) is 11.8 Å². The highest BCUT2D eigenvalue weighted by molar-refractivity contribution is 7.99. The van der Waals surface area contributed by atoms with Crippen LogP contribution in [0.5, 0.6) is 5.75 Å². The number of anilines is 1. The van der Waals surface area contributed by atoms with Crippen LogP contribution in [0.4, 0.5) is 18.9 Å². The summed E-state index contributed by atoms with van der Waals surface area (Å²) in [6.07, 6.45) is -1.43. The van der Waals surface area contributed by atoms with Crippen molar-refractivity contribution in [1.82, 2.24) is 0 Å². The van der Waals surface area contributed by atoms with E-state index < -0.39 is 17.8 Å². The molecule has 0 atom stereocenters. The molecule has 27 heavy (non-hydrogen) atoms. The van der Waals surface area contributed by atoms with Gasteiger partial charge in [0.15, 0.2) is 6.61 Å². The van der Waals surface area contributed by atoms with E-state index in [4.69, 9.17) is 10.00 Å². The number of nitrogens with one attached hydrogen (secondary N) is 1. The summed E-state index contributed by atoms with van der Waals surface area (Å²) < 4.78 is 42.3. The fourth-order valence-electron chi connectivity index (χ4n) is 1.99. The molecule has 2 aromatic carbocycles. The number of thioether (sulfide) groups is 1. The molecule has 0 unspecified atom stereocenters. The molecule has 4 nitrogen and oxygen atoms in total. The van der Waals surface area contributed by atoms with Crippen molar-refractivity contribution in [3.8, 4) is 11.8 Å². The van der Waals surface area contributed by atoms with Crippen molar-refractivity contribution >= 4 is 29.4 Å². The van der Waals surface area contributed by atoms with Gasteiger partial charge in [-0.25, -0.2) is 0 Å². The first-order valence-corrected chi connectivity index (χ1v) is 8.73. The summed E-state index contributed by atoms with van der Waals surface area (Å²) >= 11 is 0.618. The topological polar surface area (TPSA) is 62.1 Å². The van der Waals surface area contributed by atoms with Gasteiger partial charge in [0.05, 0.1) is 11.4 Å². The number of carbonyl (C=O) groups is 1. The highest BCUT2D eigenvalue weighted by Gasteiger charge is 2.27. The average molecular weight is 392 g/mol. The van der Waals surface area contributed by atoms with Gasteiger partial charge in [0, 0.05) is 11.0 Å². The molecule has 0 aromatic heterocycles. The van der Waals surface area contributed by atoms with Gasteiger partial charge in [-0.1, -0.05) is 24.3 Å². The van der Waals surface area contributed by atoms with E-state index in [2.05, 4.69) is 5.32 Å². The van der Waals surface area contributed by atoms with Crippen molar-refractivity contribution in [3.05, 3.63) is 60.2 Å². The Morgan fingerprint density at radius 1 is 1.19 bits per heavy atom. The standard InChI is InChI=1S/C19H15F3N2O2S/c20-19(21,22)13-27-17-4-2-1-3-16(17)24-18(25)10-7-14-5-8-15(9-6-14)26-12-11-23/h1-10H,12-13H2,(H,24,25)/b10-7+. The summed E-state index contributed by atoms with van der Waals surface area (Å²) in [5, 5.41) is 11.0. The Bertz CT molecular complexity index is 843. The van der Waals surface area contributed by atoms with Crippen LogP contribution in [0.2, 0.25) is 0 Å². The quantitative estimate of drug-likeness (QED) is 0.538. The third kappa shape index (κ3) is 7.46. The fourth-order valence-corrected chi connectivity index (χ4v) is 2.76. The number of ether oxygens (including phenoxy) is 1. The molecule has 0 aliphatic rings. The number of carbonyl (C=O) groups excluding carboxylic acids is 1. The summed E-state index contributed by atoms with van der Waals surface area (Å²) in [7, 11) is 0. The first kappa shape index (κ1) is 20.4. The van der Waals surface area contributed by atoms with E-state index in [9.17, 15) is 18.0 Å². The number of halogens is 3. The predicted molar refractivity (Wildman–Crippen MR) is 98.4 cm³/mol. The number of rotatable bonds is 7. The summed E-state index contributed by atoms with van der Waals surface area (Å²) in [5.74, 6) is -0.954. The first-order valence-electron chi connectivity index (χ1n) is 7.75. The fraction of sp³-hybridized carbons (Fsp3) is 0.158. The zero-order valence-corrected chi connectivity index (χ0v) is 14.8. The second-order valence-corrected chi connectivity index (χ2v) is 6.26. The van der Waals surface area contributed by atoms with E-state index in [-0.39, 0.29) is 6.61 Å². The van der Waals surface area contributed by atoms with Gasteiger partial charge in [0.25, 0.3) is 0 Å². The number of hydrogen-bond acceptors (Lipinski definition) is 4. The molecule has 0 aliphatic heterocycles. The summed E-state index contributed by atoms with van der Waals surface area (Å²) in [6.45, 7) is -0.0522. The van der Waals surface area contributed by atoms with Gasteiger partial charge in [0.1, 0.15) is 11.8 Å². The van der Waals surface area contributed by atoms with Gasteiger partial charge in [0.2, 0.25) is 5.91 Å². The first-order chi connectivity index (χ1) is 12.9. The lowest BCUT2D eigenvalue weighted by Crippen LogP contribution is -2.12. The van der Waals surface area contributed by atoms with Crippen molar-refractivity contribution in [3.63, 3.8) is 0 Å². The lowest BCUT2D eigenvalue weighted by atomic mass is 10.2. The molecule has 0 spiro atoms. The maximum absolute atomic E-state index is 12.4. The van der Waals surface area contributed by atoms with Crippen LogP contribution in [-0.2, 0) is 4.79 Å². The van der Waals surface area contributed by atoms with E-state index in [1.165, 1.54) is 12.1 Å². The molecule has 0 fully saturated rings. The Morgan fingerprint density at radius 2 is 1.89 bits per heavy atom. The Kier molecular flexibility index (Phi) is 7.32. The van der Waals surface area contributed by atoms with Crippen LogP contribution < -0.4 is 10.1 Å². The molecule has 140 valence electrons. The van der Waals surface area contributed by atoms with E-state index in [1.54, 1.807) is 48.5 Å². The van der Waals surface area contributed by atoms with Crippen molar-refractivity contribution in [2.45, 2.75) is 11.1 Å². The SMILES string of the molecule is N#CCOc1ccc(/C=C/C(=O)Nc2ccccc2SCC(F)(F)F)cc1. The van der Waals surface area contributed by atoms with Crippen LogP contribution in [0, 0.1) is 11.3 Å². The monoisotopic (exact) mass is 392 g/mol. The molecule has 0 saturated carbocycles. The molecule has 0 heterocycles. The van der Waals surface area contributed by atoms with Gasteiger partial charge in [-0.3, -0.25) is 4.79 Å². The zero-order chi connectivity index (χ0) is 19.7. The molecule has 1 amide bonds. The van der Waals surface area contributed by atoms with E-state index in [1.807, 2.05) is 6.07 Å². The highest BCUT2D eigenvalue weighted by Crippen LogP contribution is 2.32. The second kappa shape index (κ2) is 9.69. The maximum atomic E-state index is 12.4. The lowest BCUT2D eigenvalue weighted by Gasteiger charge is -2.10. The lowest BCUT2D eigenvalue weighted by molar-refractivity contribution is -0.111. The van der Waals surface area contributed by atoms with Crippen LogP contribution in [0.25, 0.3) is 6.08 Å². The van der Waals surface area contributed by atoms with Crippen LogP contribution in [0.15, 0.2) is 59.5 Å². The van der Waals surface area contributed by atoms with Crippen molar-refractivity contribution in [2.24, 2.45) is 0 Å². The Labute approximate surface area is 158 Å². The molecule has 0 saturated heterocycles. The minimum absolute atomic E-state index is 0.0522. The minimum atomic E-state index is -4.29. The summed E-state index contributed by atoms with van der Waals surface area (Å²) in [6, 6.07) is 14.9. The molecule has 2 aromatic rings. The molecule has 1 N–H and O–H groups in total. The minimum Gasteiger partial charge on any atom is -0.479 e. The number of nitrogens with zero attached hydrogens (tertiary/aromatic N) is 1. The molecule has 0 bridgehead atoms. The van der Waals surface area contributed by atoms with Gasteiger partial charge < -0.3 is 10.1 Å². The van der Waals surface area contributed by atoms with Crippen molar-refractivity contribution < 1.29 is 22.7 Å². The van der Waals surface area contributed by atoms with Gasteiger partial charge in [-0.2, -0.15) is 18.4 Å². The number of hydrogen-bond donors (Lipinski definition) is 1. The summed E-state index contributed by atoms with van der Waals surface area (Å²) in [4.78, 5) is 12.4. The molecule has 2 rings (SSSR count). The molecular formula is C19H15F3N2O2S. The smallest absolute Gasteiger partial charge is 0.398 e. The van der Waals surface area contributed by atoms with Crippen LogP contribution in [0.3, 0.4) is 0 Å². The Balaban J connectivity index is 1.97. The molecular weight excluding hydrogens is 377 g/mol. The largest absolute Gasteiger partial charge is 0.479 e. The van der Waals surface area contributed by atoms with Gasteiger partial charge in [-0.05, 0) is 35.9 Å². The molecule has 0 radical (unpaired) electrons. The van der Waals surface area contributed by atoms with E-state index >= 15 is 0 Å². The number of benzene rings is 2. The number of alkyl halides is 3. The Morgan fingerprint density at radius 3 is 2.56 bits per heavy atom. The third-order valence-electron chi connectivity index (χ3n) is 3.15. The van der Waals surface area contributed by atoms with Crippen molar-refractivity contribution in [2.75, 3.05) is 17.7 Å². The summed E-state index contributed by atoms with van der Waals surface area (Å²) in [5.41, 5.74) is 1.05. The third-order valence-corrected chi connectivity index (χ3v) is 4.29. The average Bonchev–Trinajstić information content (AvgIpc) is 2.64. The van der Waals surface area contributed by atoms with Crippen LogP contribution in [0.1, 0.15) is 5.56 Å². The second-order valence-electron chi connectivity index (χ2n) is 5.24. The number of para-hydroxylation sites is 1. The number of nitriles is 1. The highest BCUT2D eigenvalue weighted by atomic mass is 32.2. The van der Waals surface area contributed by atoms with Crippen LogP contribution in [-0.4, -0.2) is 24.4 Å². The molecule has 0 aliphatic carbocycles. The van der Waals surface area contributed by atoms with E-state index in [0.717, 1.165) is 5.56 Å². The van der Waals surface area contributed by atoms with Crippen molar-refractivity contribution in [1.29, 1.82) is 5.26 Å². The predicted octanol–water partition coefficient (Wildman–Crippen LogP) is 4.90. The Hall–Kier alpha value is -2.92. The van der Waals surface area contributed by atoms with Gasteiger partial charge >= 0.3 is 6.18 Å². The maximum Gasteiger partial charge on any atom is 0.398 e. The molecule has 8 heteroatoms.